The second kappa shape index (κ2) is 16.5. The summed E-state index contributed by atoms with van der Waals surface area (Å²) >= 11 is 0. The second-order valence-electron chi connectivity index (χ2n) is 18.7. The number of pyridine rings is 1. The van der Waals surface area contributed by atoms with Crippen molar-refractivity contribution >= 4 is 38.3 Å². The van der Waals surface area contributed by atoms with Crippen molar-refractivity contribution in [3.8, 4) is 17.2 Å². The summed E-state index contributed by atoms with van der Waals surface area (Å²) < 4.78 is 41.9. The Morgan fingerprint density at radius 1 is 1.00 bits per heavy atom. The highest BCUT2D eigenvalue weighted by Crippen LogP contribution is 2.54. The van der Waals surface area contributed by atoms with E-state index in [0.29, 0.717) is 59.4 Å². The molecule has 0 unspecified atom stereocenters. The molecular formula is C49H58N6O6S. The van der Waals surface area contributed by atoms with E-state index in [2.05, 4.69) is 67.5 Å². The van der Waals surface area contributed by atoms with E-state index in [1.165, 1.54) is 49.4 Å². The van der Waals surface area contributed by atoms with E-state index in [9.17, 15) is 18.3 Å². The molecule has 4 aliphatic heterocycles. The van der Waals surface area contributed by atoms with Crippen LogP contribution in [0.3, 0.4) is 0 Å². The molecular weight excluding hydrogens is 801 g/mol. The molecule has 5 aromatic rings. The lowest BCUT2D eigenvalue weighted by Crippen LogP contribution is -2.54. The van der Waals surface area contributed by atoms with Crippen LogP contribution in [0.5, 0.6) is 17.2 Å². The van der Waals surface area contributed by atoms with Gasteiger partial charge in [0.2, 0.25) is 0 Å². The number of phenols is 1. The molecule has 1 aliphatic carbocycles. The largest absolute Gasteiger partial charge is 0.506 e. The highest BCUT2D eigenvalue weighted by atomic mass is 32.2. The van der Waals surface area contributed by atoms with Crippen LogP contribution in [0, 0.1) is 11.3 Å². The molecule has 1 saturated carbocycles. The van der Waals surface area contributed by atoms with E-state index < -0.39 is 15.9 Å². The lowest BCUT2D eigenvalue weighted by atomic mass is 9.59. The Kier molecular flexibility index (Phi) is 10.9. The predicted molar refractivity (Wildman–Crippen MR) is 241 cm³/mol. The first kappa shape index (κ1) is 40.9. The van der Waals surface area contributed by atoms with Crippen molar-refractivity contribution in [2.75, 3.05) is 55.7 Å². The van der Waals surface area contributed by atoms with Gasteiger partial charge in [0, 0.05) is 80.9 Å². The van der Waals surface area contributed by atoms with E-state index in [1.54, 1.807) is 24.5 Å². The van der Waals surface area contributed by atoms with Crippen LogP contribution in [0.15, 0.2) is 84.0 Å². The molecule has 12 nitrogen and oxygen atoms in total. The molecule has 13 heteroatoms. The van der Waals surface area contributed by atoms with Crippen molar-refractivity contribution in [1.29, 1.82) is 0 Å². The van der Waals surface area contributed by atoms with Gasteiger partial charge in [0.1, 0.15) is 22.9 Å². The number of piperidine rings is 1. The maximum Gasteiger partial charge on any atom is 0.268 e. The van der Waals surface area contributed by atoms with Crippen molar-refractivity contribution in [2.24, 2.45) is 11.3 Å². The number of carbonyl (C=O) groups excluding carboxylic acids is 1. The lowest BCUT2D eigenvalue weighted by molar-refractivity contribution is -0.0227. The standard InChI is InChI=1S/C49H58N6O6S/c1-32(2)40-6-3-4-7-41(40)43-8-5-18-55(43)37-28-49(29-37)15-20-53(21-16-49)36-9-10-42(45(26-36)61-38-24-35-11-17-50-47(35)51-30-38)48(57)52-62(58,59)39-25-34-12-19-54(46(34)44(56)27-39)31-33-13-22-60-23-14-33/h3-4,6-7,9-11,17,24-27,30,32-33,37,43,56H,5,8,12-16,18-23,28-29,31H2,1-2H3,(H,50,51)(H,52,57)/t43-/m0/s1. The maximum absolute atomic E-state index is 14.0. The summed E-state index contributed by atoms with van der Waals surface area (Å²) in [6.45, 7) is 10.5. The zero-order valence-corrected chi connectivity index (χ0v) is 36.6. The number of hydrogen-bond donors (Lipinski definition) is 3. The molecule has 62 heavy (non-hydrogen) atoms. The average molecular weight is 859 g/mol. The molecule has 5 aliphatic rings. The Morgan fingerprint density at radius 2 is 1.81 bits per heavy atom. The summed E-state index contributed by atoms with van der Waals surface area (Å²) in [6, 6.07) is 22.1. The Hall–Kier alpha value is -5.11. The molecule has 10 rings (SSSR count). The van der Waals surface area contributed by atoms with E-state index >= 15 is 0 Å². The van der Waals surface area contributed by atoms with Gasteiger partial charge in [-0.25, -0.2) is 18.1 Å². The van der Waals surface area contributed by atoms with E-state index in [1.807, 2.05) is 24.3 Å². The van der Waals surface area contributed by atoms with Crippen LogP contribution in [-0.4, -0.2) is 86.3 Å². The number of rotatable bonds is 11. The molecule has 1 atom stereocenters. The van der Waals surface area contributed by atoms with E-state index in [0.717, 1.165) is 75.2 Å². The number of nitrogens with zero attached hydrogens (tertiary/aromatic N) is 4. The summed E-state index contributed by atoms with van der Waals surface area (Å²) in [4.78, 5) is 28.8. The topological polar surface area (TPSA) is 140 Å². The number of aromatic hydroxyl groups is 1. The number of likely N-dealkylation sites (tertiary alicyclic amines) is 1. The van der Waals surface area contributed by atoms with Crippen LogP contribution in [0.2, 0.25) is 0 Å². The maximum atomic E-state index is 14.0. The third kappa shape index (κ3) is 7.92. The van der Waals surface area contributed by atoms with Gasteiger partial charge in [-0.15, -0.1) is 0 Å². The number of amides is 1. The lowest BCUT2D eigenvalue weighted by Gasteiger charge is -2.56. The van der Waals surface area contributed by atoms with Gasteiger partial charge in [-0.2, -0.15) is 0 Å². The number of ether oxygens (including phenoxy) is 2. The van der Waals surface area contributed by atoms with Gasteiger partial charge >= 0.3 is 0 Å². The van der Waals surface area contributed by atoms with E-state index in [-0.39, 0.29) is 22.0 Å². The van der Waals surface area contributed by atoms with Gasteiger partial charge < -0.3 is 29.4 Å². The van der Waals surface area contributed by atoms with Crippen molar-refractivity contribution in [3.63, 3.8) is 0 Å². The number of sulfonamides is 1. The number of benzene rings is 3. The molecule has 326 valence electrons. The molecule has 0 radical (unpaired) electrons. The number of H-pyrrole nitrogens is 1. The predicted octanol–water partition coefficient (Wildman–Crippen LogP) is 8.68. The van der Waals surface area contributed by atoms with Crippen LogP contribution < -0.4 is 19.3 Å². The van der Waals surface area contributed by atoms with Crippen LogP contribution in [0.25, 0.3) is 11.0 Å². The first-order valence-corrected chi connectivity index (χ1v) is 24.1. The summed E-state index contributed by atoms with van der Waals surface area (Å²) in [7, 11) is -4.36. The minimum absolute atomic E-state index is 0.0778. The van der Waals surface area contributed by atoms with Crippen LogP contribution in [0.1, 0.15) is 104 Å². The third-order valence-electron chi connectivity index (χ3n) is 14.5. The highest BCUT2D eigenvalue weighted by molar-refractivity contribution is 7.90. The van der Waals surface area contributed by atoms with Crippen LogP contribution in [-0.2, 0) is 21.2 Å². The molecule has 2 aromatic heterocycles. The first-order valence-electron chi connectivity index (χ1n) is 22.6. The third-order valence-corrected chi connectivity index (χ3v) is 15.9. The number of phenolic OH excluding ortho intramolecular Hbond substituents is 1. The number of carbonyl (C=O) groups is 1. The average Bonchev–Trinajstić information content (AvgIpc) is 4.04. The van der Waals surface area contributed by atoms with Crippen molar-refractivity contribution in [2.45, 2.75) is 94.5 Å². The number of aromatic nitrogens is 2. The fourth-order valence-electron chi connectivity index (χ4n) is 11.2. The normalized spacial score (nSPS) is 20.9. The van der Waals surface area contributed by atoms with Gasteiger partial charge in [0.25, 0.3) is 15.9 Å². The molecule has 1 amide bonds. The zero-order chi connectivity index (χ0) is 42.6. The van der Waals surface area contributed by atoms with E-state index in [4.69, 9.17) is 9.47 Å². The Labute approximate surface area is 364 Å². The monoisotopic (exact) mass is 858 g/mol. The molecule has 6 heterocycles. The minimum Gasteiger partial charge on any atom is -0.506 e. The minimum atomic E-state index is -4.36. The summed E-state index contributed by atoms with van der Waals surface area (Å²) in [5.41, 5.74) is 6.46. The summed E-state index contributed by atoms with van der Waals surface area (Å²) in [5.74, 6) is 0.700. The number of hydrogen-bond acceptors (Lipinski definition) is 10. The quantitative estimate of drug-likeness (QED) is 0.118. The number of fused-ring (bicyclic) bond motifs is 2. The molecule has 4 fully saturated rings. The van der Waals surface area contributed by atoms with Crippen molar-refractivity contribution in [3.05, 3.63) is 101 Å². The molecule has 3 N–H and O–H groups in total. The Bertz CT molecular complexity index is 2570. The molecule has 1 spiro atoms. The SMILES string of the molecule is CC(C)c1ccccc1[C@@H]1CCCN1C1CC2(CCN(c3ccc(C(=O)NS(=O)(=O)c4cc(O)c5c(c4)CCN5CC4CCOCC4)c(Oc4cnc5[nH]ccc5c4)c3)CC2)C1. The van der Waals surface area contributed by atoms with Gasteiger partial charge in [-0.3, -0.25) is 9.69 Å². The summed E-state index contributed by atoms with van der Waals surface area (Å²) in [6.07, 6.45) is 13.0. The van der Waals surface area contributed by atoms with Gasteiger partial charge in [0.15, 0.2) is 0 Å². The second-order valence-corrected chi connectivity index (χ2v) is 20.4. The first-order chi connectivity index (χ1) is 30.0. The Balaban J connectivity index is 0.846. The molecule has 0 bridgehead atoms. The molecule has 3 aromatic carbocycles. The fourth-order valence-corrected chi connectivity index (χ4v) is 12.2. The number of anilines is 2. The van der Waals surface area contributed by atoms with Gasteiger partial charge in [-0.05, 0) is 129 Å². The van der Waals surface area contributed by atoms with Crippen molar-refractivity contribution in [1.82, 2.24) is 19.6 Å². The van der Waals surface area contributed by atoms with Crippen LogP contribution >= 0.6 is 0 Å². The summed E-state index contributed by atoms with van der Waals surface area (Å²) in [5, 5.41) is 12.0. The van der Waals surface area contributed by atoms with Crippen molar-refractivity contribution < 1.29 is 27.8 Å². The Morgan fingerprint density at radius 3 is 2.61 bits per heavy atom. The molecule has 3 saturated heterocycles. The zero-order valence-electron chi connectivity index (χ0n) is 35.8. The van der Waals surface area contributed by atoms with Gasteiger partial charge in [0.05, 0.1) is 22.3 Å². The highest BCUT2D eigenvalue weighted by Gasteiger charge is 2.50. The number of aromatic amines is 1. The van der Waals surface area contributed by atoms with Gasteiger partial charge in [-0.1, -0.05) is 38.1 Å². The number of nitrogens with one attached hydrogen (secondary N) is 2. The smallest absolute Gasteiger partial charge is 0.268 e. The fraction of sp³-hybridized carbons (Fsp3) is 0.469. The van der Waals surface area contributed by atoms with Crippen LogP contribution in [0.4, 0.5) is 11.4 Å².